The Bertz CT molecular complexity index is 1490. The number of amides is 1. The molecule has 3 heterocycles. The number of hydrogen-bond donors (Lipinski definition) is 1. The van der Waals surface area contributed by atoms with Gasteiger partial charge in [-0.25, -0.2) is 4.98 Å². The molecule has 1 aliphatic rings. The zero-order valence-corrected chi connectivity index (χ0v) is 20.2. The van der Waals surface area contributed by atoms with Gasteiger partial charge in [0, 0.05) is 12.3 Å². The summed E-state index contributed by atoms with van der Waals surface area (Å²) < 4.78 is 5.76. The summed E-state index contributed by atoms with van der Waals surface area (Å²) in [5.41, 5.74) is 2.66. The van der Waals surface area contributed by atoms with Crippen LogP contribution in [0.25, 0.3) is 11.0 Å². The van der Waals surface area contributed by atoms with E-state index in [1.54, 1.807) is 25.1 Å². The largest absolute Gasteiger partial charge is 0.503 e. The molecule has 2 aromatic carbocycles. The average molecular weight is 487 g/mol. The van der Waals surface area contributed by atoms with Crippen LogP contribution in [0.5, 0.6) is 0 Å². The fourth-order valence-corrected chi connectivity index (χ4v) is 5.31. The number of aromatic nitrogens is 1. The third kappa shape index (κ3) is 3.76. The SMILES string of the molecule is CCc1ccc(C2C(C(=O)c3cc4ccccc4o3)=C(O)C(=O)N2c2nc(C)c(C(C)=O)s2)cc1. The van der Waals surface area contributed by atoms with Crippen LogP contribution in [-0.2, 0) is 11.2 Å². The minimum absolute atomic E-state index is 0.0253. The molecule has 5 rings (SSSR count). The second-order valence-corrected chi connectivity index (χ2v) is 9.36. The van der Waals surface area contributed by atoms with Gasteiger partial charge in [-0.2, -0.15) is 0 Å². The number of benzene rings is 2. The van der Waals surface area contributed by atoms with Crippen LogP contribution in [-0.4, -0.2) is 27.6 Å². The highest BCUT2D eigenvalue weighted by Crippen LogP contribution is 2.44. The molecule has 1 unspecified atom stereocenters. The molecule has 1 amide bonds. The summed E-state index contributed by atoms with van der Waals surface area (Å²) in [5, 5.41) is 11.9. The van der Waals surface area contributed by atoms with Crippen molar-refractivity contribution < 1.29 is 23.9 Å². The molecule has 0 aliphatic carbocycles. The van der Waals surface area contributed by atoms with Crippen molar-refractivity contribution in [2.24, 2.45) is 0 Å². The molecule has 1 aliphatic heterocycles. The summed E-state index contributed by atoms with van der Waals surface area (Å²) in [6.45, 7) is 5.16. The van der Waals surface area contributed by atoms with E-state index >= 15 is 0 Å². The Balaban J connectivity index is 1.66. The number of para-hydroxylation sites is 1. The molecule has 0 radical (unpaired) electrons. The Morgan fingerprint density at radius 2 is 1.86 bits per heavy atom. The van der Waals surface area contributed by atoms with Crippen molar-refractivity contribution >= 4 is 44.9 Å². The standard InChI is InChI=1S/C27H22N2O5S/c1-4-16-9-11-17(12-10-16)22-21(23(31)20-13-18-7-5-6-8-19(18)34-20)24(32)26(33)29(22)27-28-14(2)25(35-27)15(3)30/h5-13,22,32H,4H2,1-3H3. The van der Waals surface area contributed by atoms with Gasteiger partial charge < -0.3 is 9.52 Å². The van der Waals surface area contributed by atoms with Gasteiger partial charge in [-0.15, -0.1) is 0 Å². The average Bonchev–Trinajstić information content (AvgIpc) is 3.53. The lowest BCUT2D eigenvalue weighted by Gasteiger charge is -2.24. The number of thiazole rings is 1. The second-order valence-electron chi connectivity index (χ2n) is 8.38. The molecular formula is C27H22N2O5S. The number of nitrogens with zero attached hydrogens (tertiary/aromatic N) is 2. The summed E-state index contributed by atoms with van der Waals surface area (Å²) in [6, 6.07) is 15.4. The first-order valence-corrected chi connectivity index (χ1v) is 12.0. The van der Waals surface area contributed by atoms with Gasteiger partial charge >= 0.3 is 0 Å². The van der Waals surface area contributed by atoms with E-state index in [2.05, 4.69) is 4.98 Å². The summed E-state index contributed by atoms with van der Waals surface area (Å²) in [7, 11) is 0. The number of aliphatic hydroxyl groups excluding tert-OH is 1. The van der Waals surface area contributed by atoms with E-state index in [0.717, 1.165) is 28.7 Å². The van der Waals surface area contributed by atoms with E-state index in [-0.39, 0.29) is 22.2 Å². The molecule has 0 saturated heterocycles. The van der Waals surface area contributed by atoms with E-state index in [0.29, 0.717) is 21.7 Å². The normalized spacial score (nSPS) is 15.9. The van der Waals surface area contributed by atoms with Crippen LogP contribution in [0.4, 0.5) is 5.13 Å². The lowest BCUT2D eigenvalue weighted by Crippen LogP contribution is -2.31. The van der Waals surface area contributed by atoms with Crippen LogP contribution in [0.1, 0.15) is 56.9 Å². The van der Waals surface area contributed by atoms with Crippen LogP contribution >= 0.6 is 11.3 Å². The van der Waals surface area contributed by atoms with Crippen LogP contribution in [0.3, 0.4) is 0 Å². The van der Waals surface area contributed by atoms with Gasteiger partial charge in [0.25, 0.3) is 5.91 Å². The third-order valence-electron chi connectivity index (χ3n) is 6.12. The molecule has 4 aromatic rings. The number of hydrogen-bond acceptors (Lipinski definition) is 7. The Hall–Kier alpha value is -4.04. The molecule has 0 fully saturated rings. The smallest absolute Gasteiger partial charge is 0.296 e. The number of carbonyl (C=O) groups excluding carboxylic acids is 3. The molecule has 7 nitrogen and oxygen atoms in total. The van der Waals surface area contributed by atoms with E-state index in [9.17, 15) is 19.5 Å². The second kappa shape index (κ2) is 8.63. The maximum absolute atomic E-state index is 13.7. The predicted molar refractivity (Wildman–Crippen MR) is 133 cm³/mol. The van der Waals surface area contributed by atoms with Gasteiger partial charge in [0.2, 0.25) is 5.78 Å². The minimum Gasteiger partial charge on any atom is -0.503 e. The topological polar surface area (TPSA) is 101 Å². The van der Waals surface area contributed by atoms with Crippen molar-refractivity contribution in [1.29, 1.82) is 0 Å². The van der Waals surface area contributed by atoms with Crippen molar-refractivity contribution in [3.05, 3.63) is 93.4 Å². The van der Waals surface area contributed by atoms with Gasteiger partial charge in [0.05, 0.1) is 22.2 Å². The first kappa shape index (κ1) is 22.7. The van der Waals surface area contributed by atoms with Gasteiger partial charge in [-0.3, -0.25) is 19.3 Å². The molecule has 2 aromatic heterocycles. The number of carbonyl (C=O) groups is 3. The molecule has 176 valence electrons. The number of furan rings is 1. The lowest BCUT2D eigenvalue weighted by atomic mass is 9.94. The third-order valence-corrected chi connectivity index (χ3v) is 7.37. The van der Waals surface area contributed by atoms with E-state index in [1.807, 2.05) is 43.3 Å². The number of anilines is 1. The van der Waals surface area contributed by atoms with Crippen molar-refractivity contribution in [3.8, 4) is 0 Å². The van der Waals surface area contributed by atoms with Crippen LogP contribution in [0, 0.1) is 6.92 Å². The summed E-state index contributed by atoms with van der Waals surface area (Å²) in [4.78, 5) is 45.2. The maximum Gasteiger partial charge on any atom is 0.296 e. The van der Waals surface area contributed by atoms with Crippen LogP contribution in [0.2, 0.25) is 0 Å². The zero-order valence-electron chi connectivity index (χ0n) is 19.4. The Kier molecular flexibility index (Phi) is 5.61. The summed E-state index contributed by atoms with van der Waals surface area (Å²) in [6.07, 6.45) is 0.826. The fraction of sp³-hybridized carbons (Fsp3) is 0.185. The van der Waals surface area contributed by atoms with Crippen LogP contribution < -0.4 is 4.90 Å². The summed E-state index contributed by atoms with van der Waals surface area (Å²) in [5.74, 6) is -2.14. The number of aryl methyl sites for hydroxylation is 2. The van der Waals surface area contributed by atoms with Crippen molar-refractivity contribution in [2.45, 2.75) is 33.2 Å². The quantitative estimate of drug-likeness (QED) is 0.349. The highest BCUT2D eigenvalue weighted by atomic mass is 32.1. The molecule has 0 saturated carbocycles. The number of rotatable bonds is 6. The van der Waals surface area contributed by atoms with Crippen molar-refractivity contribution in [1.82, 2.24) is 4.98 Å². The van der Waals surface area contributed by atoms with E-state index in [1.165, 1.54) is 11.8 Å². The first-order chi connectivity index (χ1) is 16.8. The maximum atomic E-state index is 13.7. The summed E-state index contributed by atoms with van der Waals surface area (Å²) >= 11 is 1.06. The highest BCUT2D eigenvalue weighted by Gasteiger charge is 2.46. The molecular weight excluding hydrogens is 464 g/mol. The number of fused-ring (bicyclic) bond motifs is 1. The van der Waals surface area contributed by atoms with E-state index in [4.69, 9.17) is 4.42 Å². The molecule has 0 spiro atoms. The van der Waals surface area contributed by atoms with Crippen molar-refractivity contribution in [2.75, 3.05) is 4.90 Å². The predicted octanol–water partition coefficient (Wildman–Crippen LogP) is 5.75. The van der Waals surface area contributed by atoms with Gasteiger partial charge in [0.15, 0.2) is 22.4 Å². The van der Waals surface area contributed by atoms with Crippen LogP contribution in [0.15, 0.2) is 70.3 Å². The molecule has 35 heavy (non-hydrogen) atoms. The Morgan fingerprint density at radius 1 is 1.14 bits per heavy atom. The molecule has 1 atom stereocenters. The zero-order chi connectivity index (χ0) is 24.9. The van der Waals surface area contributed by atoms with Gasteiger partial charge in [-0.1, -0.05) is 60.7 Å². The fourth-order valence-electron chi connectivity index (χ4n) is 4.32. The molecule has 1 N–H and O–H groups in total. The van der Waals surface area contributed by atoms with E-state index < -0.39 is 23.5 Å². The van der Waals surface area contributed by atoms with Gasteiger partial charge in [0.1, 0.15) is 5.58 Å². The first-order valence-electron chi connectivity index (χ1n) is 11.2. The number of aliphatic hydroxyl groups is 1. The van der Waals surface area contributed by atoms with Crippen molar-refractivity contribution in [3.63, 3.8) is 0 Å². The highest BCUT2D eigenvalue weighted by molar-refractivity contribution is 7.17. The lowest BCUT2D eigenvalue weighted by molar-refractivity contribution is -0.117. The Morgan fingerprint density at radius 3 is 2.49 bits per heavy atom. The molecule has 8 heteroatoms. The van der Waals surface area contributed by atoms with Gasteiger partial charge in [-0.05, 0) is 36.6 Å². The number of Topliss-reactive ketones (excluding diaryl/α,β-unsaturated/α-hetero) is 2. The number of ketones is 2. The molecule has 0 bridgehead atoms. The Labute approximate surface area is 205 Å². The minimum atomic E-state index is -0.931. The monoisotopic (exact) mass is 486 g/mol.